The van der Waals surface area contributed by atoms with Gasteiger partial charge in [0.25, 0.3) is 0 Å². The third-order valence-electron chi connectivity index (χ3n) is 8.93. The van der Waals surface area contributed by atoms with Gasteiger partial charge in [-0.15, -0.1) is 0 Å². The summed E-state index contributed by atoms with van der Waals surface area (Å²) in [4.78, 5) is 26.9. The van der Waals surface area contributed by atoms with Gasteiger partial charge in [-0.3, -0.25) is 0 Å². The quantitative estimate of drug-likeness (QED) is 0.304. The fraction of sp³-hybridized carbons (Fsp3) is 0.312. The van der Waals surface area contributed by atoms with Gasteiger partial charge in [0.05, 0.1) is 11.1 Å². The van der Waals surface area contributed by atoms with Gasteiger partial charge in [0.15, 0.2) is 0 Å². The van der Waals surface area contributed by atoms with E-state index >= 15 is 0 Å². The van der Waals surface area contributed by atoms with Crippen molar-refractivity contribution in [3.8, 4) is 0 Å². The van der Waals surface area contributed by atoms with Crippen LogP contribution in [0.3, 0.4) is 0 Å². The molecule has 2 bridgehead atoms. The van der Waals surface area contributed by atoms with Gasteiger partial charge in [0.1, 0.15) is 12.2 Å². The predicted octanol–water partition coefficient (Wildman–Crippen LogP) is 6.81. The molecular formula is C32H28O4. The van der Waals surface area contributed by atoms with Crippen molar-refractivity contribution < 1.29 is 19.1 Å². The van der Waals surface area contributed by atoms with Crippen molar-refractivity contribution in [1.29, 1.82) is 0 Å². The van der Waals surface area contributed by atoms with Crippen LogP contribution in [-0.4, -0.2) is 24.1 Å². The van der Waals surface area contributed by atoms with E-state index in [1.165, 1.54) is 19.3 Å². The molecule has 6 atom stereocenters. The van der Waals surface area contributed by atoms with Crippen LogP contribution in [0.5, 0.6) is 0 Å². The number of carbonyl (C=O) groups is 2. The zero-order chi connectivity index (χ0) is 24.2. The maximum Gasteiger partial charge on any atom is 0.339 e. The fourth-order valence-corrected chi connectivity index (χ4v) is 7.43. The first-order valence-corrected chi connectivity index (χ1v) is 13.0. The Hall–Kier alpha value is -3.66. The van der Waals surface area contributed by atoms with Crippen LogP contribution in [0, 0.1) is 23.7 Å². The van der Waals surface area contributed by atoms with Crippen molar-refractivity contribution in [2.75, 3.05) is 0 Å². The Morgan fingerprint density at radius 3 is 1.83 bits per heavy atom. The smallest absolute Gasteiger partial charge is 0.339 e. The molecule has 0 N–H and O–H groups in total. The summed E-state index contributed by atoms with van der Waals surface area (Å²) in [5.41, 5.74) is 1.13. The maximum atomic E-state index is 13.5. The first-order chi connectivity index (χ1) is 17.7. The molecule has 0 aliphatic heterocycles. The van der Waals surface area contributed by atoms with E-state index < -0.39 is 12.2 Å². The zero-order valence-corrected chi connectivity index (χ0v) is 20.0. The summed E-state index contributed by atoms with van der Waals surface area (Å²) in [5, 5.41) is 3.78. The summed E-state index contributed by atoms with van der Waals surface area (Å²) in [5.74, 6) is 1.26. The second-order valence-electron chi connectivity index (χ2n) is 10.7. The molecule has 7 rings (SSSR count). The van der Waals surface area contributed by atoms with E-state index in [0.717, 1.165) is 28.0 Å². The van der Waals surface area contributed by atoms with Crippen molar-refractivity contribution in [1.82, 2.24) is 0 Å². The van der Waals surface area contributed by atoms with Crippen LogP contribution in [0.25, 0.3) is 21.5 Å². The van der Waals surface area contributed by atoms with Gasteiger partial charge >= 0.3 is 11.9 Å². The lowest BCUT2D eigenvalue weighted by Gasteiger charge is -2.29. The van der Waals surface area contributed by atoms with Crippen LogP contribution < -0.4 is 0 Å². The second kappa shape index (κ2) is 8.48. The molecule has 4 aromatic carbocycles. The number of rotatable bonds is 4. The first kappa shape index (κ1) is 21.6. The Balaban J connectivity index is 1.20. The number of esters is 2. The molecule has 4 heteroatoms. The lowest BCUT2D eigenvalue weighted by Crippen LogP contribution is -2.37. The zero-order valence-electron chi connectivity index (χ0n) is 20.0. The summed E-state index contributed by atoms with van der Waals surface area (Å²) in [6.07, 6.45) is 3.57. The summed E-state index contributed by atoms with van der Waals surface area (Å²) in [6, 6.07) is 27.2. The van der Waals surface area contributed by atoms with Gasteiger partial charge in [0.2, 0.25) is 0 Å². The Morgan fingerprint density at radius 1 is 0.611 bits per heavy atom. The van der Waals surface area contributed by atoms with Crippen molar-refractivity contribution in [3.63, 3.8) is 0 Å². The van der Waals surface area contributed by atoms with E-state index in [9.17, 15) is 9.59 Å². The molecular weight excluding hydrogens is 448 g/mol. The van der Waals surface area contributed by atoms with Crippen LogP contribution in [-0.2, 0) is 9.47 Å². The number of hydrogen-bond acceptors (Lipinski definition) is 4. The lowest BCUT2D eigenvalue weighted by molar-refractivity contribution is -0.0415. The number of ether oxygens (including phenoxy) is 2. The van der Waals surface area contributed by atoms with Crippen LogP contribution >= 0.6 is 0 Å². The van der Waals surface area contributed by atoms with Crippen molar-refractivity contribution in [3.05, 3.63) is 96.1 Å². The lowest BCUT2D eigenvalue weighted by atomic mass is 9.81. The molecule has 0 amide bonds. The Labute approximate surface area is 210 Å². The summed E-state index contributed by atoms with van der Waals surface area (Å²) < 4.78 is 12.5. The van der Waals surface area contributed by atoms with Gasteiger partial charge < -0.3 is 9.47 Å². The normalized spacial score (nSPS) is 28.3. The first-order valence-electron chi connectivity index (χ1n) is 13.0. The largest absolute Gasteiger partial charge is 0.455 e. The monoisotopic (exact) mass is 476 g/mol. The Kier molecular flexibility index (Phi) is 5.09. The number of hydrogen-bond donors (Lipinski definition) is 0. The molecule has 3 aliphatic rings. The molecule has 180 valence electrons. The highest BCUT2D eigenvalue weighted by Gasteiger charge is 2.59. The highest BCUT2D eigenvalue weighted by molar-refractivity contribution is 6.05. The standard InChI is InChI=1S/C32H28O4/c33-31(25-13-5-9-19-7-1-3-11-23(19)25)35-28-18-27-21-15-16-22(17-21)29(27)30(28)36-32(34)26-14-6-10-20-8-2-4-12-24(20)26/h1-14,21-22,27-30H,15-18H2. The third kappa shape index (κ3) is 3.42. The molecule has 0 heterocycles. The summed E-state index contributed by atoms with van der Waals surface area (Å²) in [6.45, 7) is 0. The molecule has 0 spiro atoms. The van der Waals surface area contributed by atoms with E-state index in [0.29, 0.717) is 28.9 Å². The van der Waals surface area contributed by atoms with Gasteiger partial charge in [-0.25, -0.2) is 9.59 Å². The molecule has 3 aliphatic carbocycles. The number of carbonyl (C=O) groups excluding carboxylic acids is 2. The molecule has 4 aromatic rings. The molecule has 0 aromatic heterocycles. The number of fused-ring (bicyclic) bond motifs is 7. The maximum absolute atomic E-state index is 13.5. The van der Waals surface area contributed by atoms with Crippen LogP contribution in [0.1, 0.15) is 46.4 Å². The fourth-order valence-electron chi connectivity index (χ4n) is 7.43. The van der Waals surface area contributed by atoms with Crippen LogP contribution in [0.15, 0.2) is 84.9 Å². The molecule has 4 nitrogen and oxygen atoms in total. The van der Waals surface area contributed by atoms with E-state index in [4.69, 9.17) is 9.47 Å². The van der Waals surface area contributed by atoms with Crippen molar-refractivity contribution >= 4 is 33.5 Å². The number of benzene rings is 4. The van der Waals surface area contributed by atoms with Gasteiger partial charge in [-0.1, -0.05) is 72.8 Å². The van der Waals surface area contributed by atoms with E-state index in [1.54, 1.807) is 0 Å². The van der Waals surface area contributed by atoms with Gasteiger partial charge in [-0.2, -0.15) is 0 Å². The molecule has 3 saturated carbocycles. The molecule has 3 fully saturated rings. The Morgan fingerprint density at radius 2 is 1.17 bits per heavy atom. The van der Waals surface area contributed by atoms with E-state index in [2.05, 4.69) is 0 Å². The van der Waals surface area contributed by atoms with Crippen LogP contribution in [0.4, 0.5) is 0 Å². The third-order valence-corrected chi connectivity index (χ3v) is 8.93. The van der Waals surface area contributed by atoms with E-state index in [1.807, 2.05) is 84.9 Å². The summed E-state index contributed by atoms with van der Waals surface area (Å²) in [7, 11) is 0. The molecule has 6 unspecified atom stereocenters. The average molecular weight is 477 g/mol. The molecule has 0 saturated heterocycles. The average Bonchev–Trinajstić information content (AvgIpc) is 3.62. The topological polar surface area (TPSA) is 52.6 Å². The predicted molar refractivity (Wildman–Crippen MR) is 139 cm³/mol. The Bertz CT molecular complexity index is 1480. The van der Waals surface area contributed by atoms with E-state index in [-0.39, 0.29) is 17.9 Å². The second-order valence-corrected chi connectivity index (χ2v) is 10.7. The van der Waals surface area contributed by atoms with Gasteiger partial charge in [-0.05, 0) is 77.1 Å². The summed E-state index contributed by atoms with van der Waals surface area (Å²) >= 11 is 0. The minimum atomic E-state index is -0.422. The van der Waals surface area contributed by atoms with Crippen LogP contribution in [0.2, 0.25) is 0 Å². The van der Waals surface area contributed by atoms with Crippen molar-refractivity contribution in [2.45, 2.75) is 37.9 Å². The van der Waals surface area contributed by atoms with Gasteiger partial charge in [0, 0.05) is 5.92 Å². The van der Waals surface area contributed by atoms with Crippen molar-refractivity contribution in [2.24, 2.45) is 23.7 Å². The molecule has 0 radical (unpaired) electrons. The molecule has 36 heavy (non-hydrogen) atoms. The minimum absolute atomic E-state index is 0.271. The highest BCUT2D eigenvalue weighted by Crippen LogP contribution is 2.60. The highest BCUT2D eigenvalue weighted by atomic mass is 16.6. The SMILES string of the molecule is O=C(OC1CC2C3CCC(C3)C2C1OC(=O)c1cccc2ccccc12)c1cccc2ccccc12. The minimum Gasteiger partial charge on any atom is -0.455 e.